The summed E-state index contributed by atoms with van der Waals surface area (Å²) in [7, 11) is -3.48. The topological polar surface area (TPSA) is 63.4 Å². The van der Waals surface area contributed by atoms with Crippen LogP contribution in [0.25, 0.3) is 0 Å². The van der Waals surface area contributed by atoms with E-state index in [2.05, 4.69) is 0 Å². The summed E-state index contributed by atoms with van der Waals surface area (Å²) in [4.78, 5) is 0. The van der Waals surface area contributed by atoms with Crippen LogP contribution in [0.4, 0.5) is 0 Å². The van der Waals surface area contributed by atoms with E-state index in [9.17, 15) is 8.42 Å². The third-order valence-corrected chi connectivity index (χ3v) is 5.91. The summed E-state index contributed by atoms with van der Waals surface area (Å²) in [6.45, 7) is 1.20. The molecule has 1 aliphatic heterocycles. The highest BCUT2D eigenvalue weighted by Crippen LogP contribution is 2.42. The summed E-state index contributed by atoms with van der Waals surface area (Å²) in [5, 5.41) is 5.19. The minimum absolute atomic E-state index is 0.170. The van der Waals surface area contributed by atoms with Crippen LogP contribution in [0.15, 0.2) is 0 Å². The first-order chi connectivity index (χ1) is 7.02. The number of nitrogens with zero attached hydrogens (tertiary/aromatic N) is 1. The van der Waals surface area contributed by atoms with Gasteiger partial charge in [0.1, 0.15) is 0 Å². The molecule has 0 aromatic rings. The van der Waals surface area contributed by atoms with Crippen LogP contribution in [-0.2, 0) is 10.2 Å². The lowest BCUT2D eigenvalue weighted by atomic mass is 9.88. The molecular formula is C9H18N2O2S2. The van der Waals surface area contributed by atoms with Crippen molar-refractivity contribution in [2.45, 2.75) is 36.9 Å². The van der Waals surface area contributed by atoms with Crippen LogP contribution < -0.4 is 5.14 Å². The molecule has 0 atom stereocenters. The van der Waals surface area contributed by atoms with E-state index in [0.29, 0.717) is 13.1 Å². The molecule has 4 nitrogen and oxygen atoms in total. The standard InChI is InChI=1S/C9H18N2O2S2/c10-15(12,13)11-6-7-14-9(8-11)4-2-1-3-5-9/h1-8H2,(H2,10,12,13). The Bertz CT molecular complexity index is 317. The Hall–Kier alpha value is 0.220. The Morgan fingerprint density at radius 1 is 1.20 bits per heavy atom. The Morgan fingerprint density at radius 2 is 1.87 bits per heavy atom. The summed E-state index contributed by atoms with van der Waals surface area (Å²) in [5.74, 6) is 0.885. The first-order valence-electron chi connectivity index (χ1n) is 5.44. The summed E-state index contributed by atoms with van der Waals surface area (Å²) in [6, 6.07) is 0. The van der Waals surface area contributed by atoms with Crippen LogP contribution >= 0.6 is 11.8 Å². The molecule has 1 spiro atoms. The third kappa shape index (κ3) is 2.67. The van der Waals surface area contributed by atoms with Crippen molar-refractivity contribution in [3.05, 3.63) is 0 Å². The Balaban J connectivity index is 2.09. The smallest absolute Gasteiger partial charge is 0.216 e. The molecule has 2 rings (SSSR count). The van der Waals surface area contributed by atoms with Crippen LogP contribution in [0.5, 0.6) is 0 Å². The first kappa shape index (κ1) is 11.7. The molecule has 1 heterocycles. The van der Waals surface area contributed by atoms with E-state index < -0.39 is 10.2 Å². The van der Waals surface area contributed by atoms with E-state index in [1.54, 1.807) is 0 Å². The van der Waals surface area contributed by atoms with Gasteiger partial charge in [-0.2, -0.15) is 24.5 Å². The van der Waals surface area contributed by atoms with Gasteiger partial charge in [-0.25, -0.2) is 5.14 Å². The van der Waals surface area contributed by atoms with Gasteiger partial charge in [-0.3, -0.25) is 0 Å². The highest BCUT2D eigenvalue weighted by atomic mass is 32.2. The van der Waals surface area contributed by atoms with Crippen molar-refractivity contribution in [3.63, 3.8) is 0 Å². The third-order valence-electron chi connectivity index (χ3n) is 3.34. The van der Waals surface area contributed by atoms with Crippen LogP contribution in [0.2, 0.25) is 0 Å². The zero-order valence-corrected chi connectivity index (χ0v) is 10.4. The summed E-state index contributed by atoms with van der Waals surface area (Å²) >= 11 is 1.94. The molecule has 2 fully saturated rings. The molecule has 88 valence electrons. The van der Waals surface area contributed by atoms with Crippen molar-refractivity contribution in [1.29, 1.82) is 0 Å². The van der Waals surface area contributed by atoms with Crippen LogP contribution in [-0.4, -0.2) is 36.3 Å². The maximum Gasteiger partial charge on any atom is 0.276 e. The lowest BCUT2D eigenvalue weighted by Crippen LogP contribution is -2.51. The summed E-state index contributed by atoms with van der Waals surface area (Å²) in [5.41, 5.74) is 0. The number of hydrogen-bond acceptors (Lipinski definition) is 3. The Labute approximate surface area is 95.8 Å². The van der Waals surface area contributed by atoms with Gasteiger partial charge in [-0.05, 0) is 12.8 Å². The maximum atomic E-state index is 11.3. The first-order valence-corrected chi connectivity index (χ1v) is 7.93. The molecule has 0 radical (unpaired) electrons. The van der Waals surface area contributed by atoms with Gasteiger partial charge in [0.25, 0.3) is 10.2 Å². The second kappa shape index (κ2) is 4.24. The molecule has 1 aliphatic carbocycles. The molecule has 6 heteroatoms. The predicted octanol–water partition coefficient (Wildman–Crippen LogP) is 0.942. The van der Waals surface area contributed by atoms with Crippen LogP contribution in [0.3, 0.4) is 0 Å². The van der Waals surface area contributed by atoms with Crippen molar-refractivity contribution in [1.82, 2.24) is 4.31 Å². The molecule has 0 bridgehead atoms. The number of rotatable bonds is 1. The molecule has 2 N–H and O–H groups in total. The van der Waals surface area contributed by atoms with Gasteiger partial charge in [-0.15, -0.1) is 0 Å². The maximum absolute atomic E-state index is 11.3. The van der Waals surface area contributed by atoms with Crippen molar-refractivity contribution < 1.29 is 8.42 Å². The van der Waals surface area contributed by atoms with Gasteiger partial charge in [0, 0.05) is 23.6 Å². The van der Waals surface area contributed by atoms with Gasteiger partial charge in [0.05, 0.1) is 0 Å². The second-order valence-corrected chi connectivity index (χ2v) is 7.58. The molecule has 0 amide bonds. The minimum Gasteiger partial charge on any atom is -0.216 e. The molecule has 0 aromatic carbocycles. The Morgan fingerprint density at radius 3 is 2.47 bits per heavy atom. The second-order valence-electron chi connectivity index (χ2n) is 4.47. The molecule has 0 unspecified atom stereocenters. The van der Waals surface area contributed by atoms with Gasteiger partial charge in [0.15, 0.2) is 0 Å². The fourth-order valence-electron chi connectivity index (χ4n) is 2.53. The predicted molar refractivity (Wildman–Crippen MR) is 63.0 cm³/mol. The average molecular weight is 250 g/mol. The number of nitrogens with two attached hydrogens (primary N) is 1. The fraction of sp³-hybridized carbons (Fsp3) is 1.00. The largest absolute Gasteiger partial charge is 0.276 e. The van der Waals surface area contributed by atoms with E-state index in [0.717, 1.165) is 18.6 Å². The average Bonchev–Trinajstić information content (AvgIpc) is 2.18. The molecule has 0 aromatic heterocycles. The molecule has 1 saturated heterocycles. The van der Waals surface area contributed by atoms with E-state index in [1.165, 1.54) is 23.6 Å². The van der Waals surface area contributed by atoms with Gasteiger partial charge in [-0.1, -0.05) is 19.3 Å². The minimum atomic E-state index is -3.48. The lowest BCUT2D eigenvalue weighted by molar-refractivity contribution is 0.304. The van der Waals surface area contributed by atoms with E-state index >= 15 is 0 Å². The van der Waals surface area contributed by atoms with Gasteiger partial charge < -0.3 is 0 Å². The monoisotopic (exact) mass is 250 g/mol. The number of thioether (sulfide) groups is 1. The molecule has 15 heavy (non-hydrogen) atoms. The van der Waals surface area contributed by atoms with Crippen molar-refractivity contribution in [2.75, 3.05) is 18.8 Å². The highest BCUT2D eigenvalue weighted by Gasteiger charge is 2.39. The quantitative estimate of drug-likeness (QED) is 0.753. The normalized spacial score (nSPS) is 28.1. The van der Waals surface area contributed by atoms with Crippen molar-refractivity contribution >= 4 is 22.0 Å². The van der Waals surface area contributed by atoms with E-state index in [1.807, 2.05) is 11.8 Å². The zero-order valence-electron chi connectivity index (χ0n) is 8.81. The fourth-order valence-corrected chi connectivity index (χ4v) is 5.07. The van der Waals surface area contributed by atoms with Gasteiger partial charge >= 0.3 is 0 Å². The summed E-state index contributed by atoms with van der Waals surface area (Å²) in [6.07, 6.45) is 6.03. The van der Waals surface area contributed by atoms with Crippen LogP contribution in [0, 0.1) is 0 Å². The van der Waals surface area contributed by atoms with Gasteiger partial charge in [0.2, 0.25) is 0 Å². The molecule has 2 aliphatic rings. The Kier molecular flexibility index (Phi) is 3.30. The summed E-state index contributed by atoms with van der Waals surface area (Å²) < 4.78 is 24.2. The van der Waals surface area contributed by atoms with Crippen LogP contribution in [0.1, 0.15) is 32.1 Å². The molecular weight excluding hydrogens is 232 g/mol. The zero-order chi connectivity index (χ0) is 10.9. The lowest BCUT2D eigenvalue weighted by Gasteiger charge is -2.43. The highest BCUT2D eigenvalue weighted by molar-refractivity contribution is 8.00. The van der Waals surface area contributed by atoms with E-state index in [4.69, 9.17) is 5.14 Å². The van der Waals surface area contributed by atoms with E-state index in [-0.39, 0.29) is 4.75 Å². The number of hydrogen-bond donors (Lipinski definition) is 1. The van der Waals surface area contributed by atoms with Crippen molar-refractivity contribution in [3.8, 4) is 0 Å². The van der Waals surface area contributed by atoms with Crippen molar-refractivity contribution in [2.24, 2.45) is 5.14 Å². The SMILES string of the molecule is NS(=O)(=O)N1CCSC2(CCCCC2)C1. The molecule has 1 saturated carbocycles.